The molecular weight excluding hydrogens is 276 g/mol. The average Bonchev–Trinajstić information content (AvgIpc) is 2.82. The SMILES string of the molecule is COc1cc2c(cc1O)CC[C@H]1[C@H]2CC[C@@]2(C)[C@@H](O)CC[C@@H]12. The zero-order valence-corrected chi connectivity index (χ0v) is 13.5. The van der Waals surface area contributed by atoms with E-state index in [1.807, 2.05) is 6.07 Å². The fraction of sp³-hybridized carbons (Fsp3) is 0.684. The maximum absolute atomic E-state index is 10.4. The van der Waals surface area contributed by atoms with Gasteiger partial charge in [-0.1, -0.05) is 6.92 Å². The van der Waals surface area contributed by atoms with Crippen LogP contribution in [-0.4, -0.2) is 23.4 Å². The molecule has 0 bridgehead atoms. The summed E-state index contributed by atoms with van der Waals surface area (Å²) in [7, 11) is 1.62. The van der Waals surface area contributed by atoms with Crippen LogP contribution in [0.2, 0.25) is 0 Å². The molecule has 0 unspecified atom stereocenters. The fourth-order valence-corrected chi connectivity index (χ4v) is 5.72. The summed E-state index contributed by atoms with van der Waals surface area (Å²) in [5.41, 5.74) is 2.80. The van der Waals surface area contributed by atoms with Gasteiger partial charge in [-0.2, -0.15) is 0 Å². The average molecular weight is 302 g/mol. The summed E-state index contributed by atoms with van der Waals surface area (Å²) >= 11 is 0. The molecule has 0 radical (unpaired) electrons. The lowest BCUT2D eigenvalue weighted by atomic mass is 9.55. The first-order valence-electron chi connectivity index (χ1n) is 8.62. The molecule has 22 heavy (non-hydrogen) atoms. The van der Waals surface area contributed by atoms with Crippen molar-refractivity contribution in [1.82, 2.24) is 0 Å². The molecule has 0 aromatic heterocycles. The number of benzene rings is 1. The Balaban J connectivity index is 1.72. The van der Waals surface area contributed by atoms with Gasteiger partial charge in [0.15, 0.2) is 11.5 Å². The Hall–Kier alpha value is -1.22. The molecule has 1 aromatic rings. The van der Waals surface area contributed by atoms with Crippen molar-refractivity contribution in [1.29, 1.82) is 0 Å². The smallest absolute Gasteiger partial charge is 0.160 e. The number of phenols is 1. The third-order valence-corrected chi connectivity index (χ3v) is 6.97. The van der Waals surface area contributed by atoms with E-state index in [1.54, 1.807) is 7.11 Å². The van der Waals surface area contributed by atoms with Crippen molar-refractivity contribution in [3.63, 3.8) is 0 Å². The van der Waals surface area contributed by atoms with Crippen molar-refractivity contribution < 1.29 is 14.9 Å². The van der Waals surface area contributed by atoms with Gasteiger partial charge in [0.1, 0.15) is 0 Å². The topological polar surface area (TPSA) is 49.7 Å². The fourth-order valence-electron chi connectivity index (χ4n) is 5.72. The Kier molecular flexibility index (Phi) is 3.19. The number of aliphatic hydroxyl groups excluding tert-OH is 1. The second-order valence-corrected chi connectivity index (χ2v) is 7.78. The molecule has 5 atom stereocenters. The van der Waals surface area contributed by atoms with Crippen molar-refractivity contribution in [3.8, 4) is 11.5 Å². The van der Waals surface area contributed by atoms with Gasteiger partial charge < -0.3 is 14.9 Å². The monoisotopic (exact) mass is 302 g/mol. The Bertz CT molecular complexity index is 597. The minimum absolute atomic E-state index is 0.116. The third-order valence-electron chi connectivity index (χ3n) is 6.97. The highest BCUT2D eigenvalue weighted by atomic mass is 16.5. The number of hydrogen-bond acceptors (Lipinski definition) is 3. The molecule has 3 aliphatic carbocycles. The van der Waals surface area contributed by atoms with Crippen LogP contribution in [0.5, 0.6) is 11.5 Å². The van der Waals surface area contributed by atoms with Gasteiger partial charge >= 0.3 is 0 Å². The zero-order chi connectivity index (χ0) is 15.5. The van der Waals surface area contributed by atoms with Crippen molar-refractivity contribution in [3.05, 3.63) is 23.3 Å². The van der Waals surface area contributed by atoms with Gasteiger partial charge in [-0.15, -0.1) is 0 Å². The Morgan fingerprint density at radius 1 is 1.18 bits per heavy atom. The van der Waals surface area contributed by atoms with E-state index in [0.29, 0.717) is 23.5 Å². The van der Waals surface area contributed by atoms with Gasteiger partial charge in [-0.3, -0.25) is 0 Å². The van der Waals surface area contributed by atoms with Gasteiger partial charge in [0.2, 0.25) is 0 Å². The molecule has 4 rings (SSSR count). The Labute approximate surface area is 132 Å². The molecule has 0 aliphatic heterocycles. The first kappa shape index (κ1) is 14.4. The van der Waals surface area contributed by atoms with Crippen LogP contribution in [0.25, 0.3) is 0 Å². The van der Waals surface area contributed by atoms with Crippen LogP contribution in [0, 0.1) is 17.3 Å². The first-order chi connectivity index (χ1) is 10.5. The Morgan fingerprint density at radius 3 is 2.77 bits per heavy atom. The van der Waals surface area contributed by atoms with Crippen LogP contribution in [0.4, 0.5) is 0 Å². The van der Waals surface area contributed by atoms with Crippen molar-refractivity contribution in [2.45, 2.75) is 57.5 Å². The summed E-state index contributed by atoms with van der Waals surface area (Å²) in [4.78, 5) is 0. The minimum atomic E-state index is -0.116. The number of methoxy groups -OCH3 is 1. The lowest BCUT2D eigenvalue weighted by Crippen LogP contribution is -2.43. The molecule has 0 spiro atoms. The van der Waals surface area contributed by atoms with E-state index < -0.39 is 0 Å². The van der Waals surface area contributed by atoms with Gasteiger partial charge in [-0.25, -0.2) is 0 Å². The van der Waals surface area contributed by atoms with Crippen LogP contribution in [0.1, 0.15) is 56.1 Å². The van der Waals surface area contributed by atoms with E-state index in [0.717, 1.165) is 25.7 Å². The molecule has 3 heteroatoms. The number of fused-ring (bicyclic) bond motifs is 5. The molecule has 3 aliphatic rings. The van der Waals surface area contributed by atoms with Gasteiger partial charge in [-0.05, 0) is 85.0 Å². The van der Waals surface area contributed by atoms with Crippen LogP contribution >= 0.6 is 0 Å². The quantitative estimate of drug-likeness (QED) is 0.833. The molecule has 0 heterocycles. The standard InChI is InChI=1S/C19H26O3/c1-19-8-7-12-13(15(19)5-6-18(19)21)4-3-11-9-16(20)17(22-2)10-14(11)12/h9-10,12-13,15,18,20-21H,3-8H2,1-2H3/t12-,13+,15+,18+,19-/m1/s1. The van der Waals surface area contributed by atoms with Crippen LogP contribution in [0.3, 0.4) is 0 Å². The van der Waals surface area contributed by atoms with Crippen LogP contribution in [-0.2, 0) is 6.42 Å². The lowest BCUT2D eigenvalue weighted by molar-refractivity contribution is -0.0226. The summed E-state index contributed by atoms with van der Waals surface area (Å²) in [5.74, 6) is 2.75. The number of phenolic OH excluding ortho intramolecular Hbond substituents is 1. The summed E-state index contributed by atoms with van der Waals surface area (Å²) in [6.07, 6.45) is 6.51. The number of aromatic hydroxyl groups is 1. The summed E-state index contributed by atoms with van der Waals surface area (Å²) in [6.45, 7) is 2.30. The Morgan fingerprint density at radius 2 is 2.00 bits per heavy atom. The maximum Gasteiger partial charge on any atom is 0.160 e. The molecule has 0 amide bonds. The molecule has 120 valence electrons. The minimum Gasteiger partial charge on any atom is -0.504 e. The summed E-state index contributed by atoms with van der Waals surface area (Å²) in [6, 6.07) is 3.97. The second kappa shape index (κ2) is 4.89. The van der Waals surface area contributed by atoms with Crippen molar-refractivity contribution in [2.24, 2.45) is 17.3 Å². The number of rotatable bonds is 1. The zero-order valence-electron chi connectivity index (χ0n) is 13.5. The third kappa shape index (κ3) is 1.84. The highest BCUT2D eigenvalue weighted by Crippen LogP contribution is 2.61. The molecule has 0 saturated heterocycles. The van der Waals surface area contributed by atoms with E-state index in [4.69, 9.17) is 4.74 Å². The van der Waals surface area contributed by atoms with Crippen molar-refractivity contribution in [2.75, 3.05) is 7.11 Å². The molecular formula is C19H26O3. The number of aryl methyl sites for hydroxylation is 1. The largest absolute Gasteiger partial charge is 0.504 e. The molecule has 2 fully saturated rings. The number of hydrogen-bond donors (Lipinski definition) is 2. The molecule has 2 saturated carbocycles. The second-order valence-electron chi connectivity index (χ2n) is 7.78. The van der Waals surface area contributed by atoms with Crippen LogP contribution < -0.4 is 4.74 Å². The first-order valence-corrected chi connectivity index (χ1v) is 8.62. The predicted molar refractivity (Wildman–Crippen MR) is 85.3 cm³/mol. The van der Waals surface area contributed by atoms with E-state index >= 15 is 0 Å². The highest BCUT2D eigenvalue weighted by Gasteiger charge is 2.54. The van der Waals surface area contributed by atoms with Gasteiger partial charge in [0.05, 0.1) is 13.2 Å². The molecule has 2 N–H and O–H groups in total. The molecule has 1 aromatic carbocycles. The maximum atomic E-state index is 10.4. The summed E-state index contributed by atoms with van der Waals surface area (Å²) < 4.78 is 5.32. The summed E-state index contributed by atoms with van der Waals surface area (Å²) in [5, 5.41) is 20.5. The van der Waals surface area contributed by atoms with Crippen molar-refractivity contribution >= 4 is 0 Å². The van der Waals surface area contributed by atoms with Crippen LogP contribution in [0.15, 0.2) is 12.1 Å². The van der Waals surface area contributed by atoms with E-state index in [9.17, 15) is 10.2 Å². The van der Waals surface area contributed by atoms with Gasteiger partial charge in [0.25, 0.3) is 0 Å². The lowest BCUT2D eigenvalue weighted by Gasteiger charge is -2.50. The molecule has 3 nitrogen and oxygen atoms in total. The number of aliphatic hydroxyl groups is 1. The number of ether oxygens (including phenoxy) is 1. The van der Waals surface area contributed by atoms with E-state index in [2.05, 4.69) is 13.0 Å². The van der Waals surface area contributed by atoms with E-state index in [1.165, 1.54) is 24.0 Å². The normalized spacial score (nSPS) is 39.8. The van der Waals surface area contributed by atoms with Gasteiger partial charge in [0, 0.05) is 0 Å². The predicted octanol–water partition coefficient (Wildman–Crippen LogP) is 3.62. The highest BCUT2D eigenvalue weighted by molar-refractivity contribution is 5.49. The van der Waals surface area contributed by atoms with E-state index in [-0.39, 0.29) is 17.3 Å².